The van der Waals surface area contributed by atoms with Gasteiger partial charge in [0.1, 0.15) is 17.2 Å². The Labute approximate surface area is 138 Å². The SMILES string of the molecule is O=C(NCCNC1CCCCCC1)c1c(F)cc(Br)cc1F. The molecule has 0 radical (unpaired) electrons. The third-order valence-corrected chi connectivity index (χ3v) is 4.39. The number of halogens is 3. The molecular weight excluding hydrogens is 354 g/mol. The van der Waals surface area contributed by atoms with E-state index in [9.17, 15) is 13.6 Å². The maximum atomic E-state index is 13.7. The van der Waals surface area contributed by atoms with E-state index in [0.717, 1.165) is 25.0 Å². The van der Waals surface area contributed by atoms with Crippen LogP contribution in [0.2, 0.25) is 0 Å². The molecule has 1 saturated carbocycles. The molecule has 22 heavy (non-hydrogen) atoms. The van der Waals surface area contributed by atoms with Gasteiger partial charge in [0.2, 0.25) is 0 Å². The van der Waals surface area contributed by atoms with Gasteiger partial charge in [-0.1, -0.05) is 41.6 Å². The van der Waals surface area contributed by atoms with Crippen LogP contribution in [-0.2, 0) is 0 Å². The monoisotopic (exact) mass is 374 g/mol. The topological polar surface area (TPSA) is 41.1 Å². The van der Waals surface area contributed by atoms with Crippen molar-refractivity contribution in [1.29, 1.82) is 0 Å². The third kappa shape index (κ3) is 5.02. The molecular formula is C16H21BrF2N2O. The van der Waals surface area contributed by atoms with Gasteiger partial charge in [-0.3, -0.25) is 4.79 Å². The molecule has 1 amide bonds. The van der Waals surface area contributed by atoms with E-state index >= 15 is 0 Å². The fraction of sp³-hybridized carbons (Fsp3) is 0.562. The minimum Gasteiger partial charge on any atom is -0.351 e. The molecule has 0 spiro atoms. The van der Waals surface area contributed by atoms with E-state index < -0.39 is 23.1 Å². The van der Waals surface area contributed by atoms with Crippen molar-refractivity contribution < 1.29 is 13.6 Å². The van der Waals surface area contributed by atoms with E-state index in [1.807, 2.05) is 0 Å². The maximum absolute atomic E-state index is 13.7. The summed E-state index contributed by atoms with van der Waals surface area (Å²) in [6.07, 6.45) is 7.36. The molecule has 122 valence electrons. The van der Waals surface area contributed by atoms with E-state index in [0.29, 0.717) is 19.1 Å². The number of amides is 1. The second-order valence-electron chi connectivity index (χ2n) is 5.64. The van der Waals surface area contributed by atoms with Crippen molar-refractivity contribution in [2.45, 2.75) is 44.6 Å². The van der Waals surface area contributed by atoms with Crippen LogP contribution in [0.4, 0.5) is 8.78 Å². The van der Waals surface area contributed by atoms with Gasteiger partial charge in [0.05, 0.1) is 0 Å². The molecule has 1 fully saturated rings. The fourth-order valence-corrected chi connectivity index (χ4v) is 3.19. The standard InChI is InChI=1S/C16H21BrF2N2O/c17-11-9-13(18)15(14(19)10-11)16(22)21-8-7-20-12-5-3-1-2-4-6-12/h9-10,12,20H,1-8H2,(H,21,22). The van der Waals surface area contributed by atoms with Gasteiger partial charge in [-0.25, -0.2) is 8.78 Å². The Morgan fingerprint density at radius 1 is 1.09 bits per heavy atom. The Bertz CT molecular complexity index is 494. The van der Waals surface area contributed by atoms with Crippen LogP contribution in [0.25, 0.3) is 0 Å². The maximum Gasteiger partial charge on any atom is 0.257 e. The average Bonchev–Trinajstić information content (AvgIpc) is 2.71. The van der Waals surface area contributed by atoms with Crippen molar-refractivity contribution in [1.82, 2.24) is 10.6 Å². The Morgan fingerprint density at radius 3 is 2.27 bits per heavy atom. The third-order valence-electron chi connectivity index (χ3n) is 3.93. The van der Waals surface area contributed by atoms with Gasteiger partial charge in [0, 0.05) is 23.6 Å². The average molecular weight is 375 g/mol. The number of rotatable bonds is 5. The summed E-state index contributed by atoms with van der Waals surface area (Å²) in [5.74, 6) is -2.44. The van der Waals surface area contributed by atoms with Crippen LogP contribution >= 0.6 is 15.9 Å². The number of carbonyl (C=O) groups is 1. The van der Waals surface area contributed by atoms with E-state index in [-0.39, 0.29) is 4.47 Å². The second kappa shape index (κ2) is 8.58. The molecule has 0 saturated heterocycles. The van der Waals surface area contributed by atoms with Crippen LogP contribution in [0.3, 0.4) is 0 Å². The number of hydrogen-bond donors (Lipinski definition) is 2. The van der Waals surface area contributed by atoms with E-state index in [2.05, 4.69) is 26.6 Å². The second-order valence-corrected chi connectivity index (χ2v) is 6.56. The Balaban J connectivity index is 1.78. The van der Waals surface area contributed by atoms with Gasteiger partial charge in [-0.15, -0.1) is 0 Å². The first-order chi connectivity index (χ1) is 10.6. The van der Waals surface area contributed by atoms with Gasteiger partial charge in [-0.05, 0) is 25.0 Å². The molecule has 0 unspecified atom stereocenters. The lowest BCUT2D eigenvalue weighted by Gasteiger charge is -2.16. The summed E-state index contributed by atoms with van der Waals surface area (Å²) < 4.78 is 27.6. The molecule has 1 aromatic rings. The van der Waals surface area contributed by atoms with E-state index in [1.165, 1.54) is 25.7 Å². The Hall–Kier alpha value is -1.01. The van der Waals surface area contributed by atoms with Gasteiger partial charge < -0.3 is 10.6 Å². The zero-order chi connectivity index (χ0) is 15.9. The molecule has 0 aliphatic heterocycles. The Morgan fingerprint density at radius 2 is 1.68 bits per heavy atom. The van der Waals surface area contributed by atoms with Gasteiger partial charge in [-0.2, -0.15) is 0 Å². The van der Waals surface area contributed by atoms with Crippen molar-refractivity contribution >= 4 is 21.8 Å². The van der Waals surface area contributed by atoms with Gasteiger partial charge in [0.15, 0.2) is 0 Å². The molecule has 1 aromatic carbocycles. The highest BCUT2D eigenvalue weighted by atomic mass is 79.9. The first-order valence-corrected chi connectivity index (χ1v) is 8.53. The molecule has 0 heterocycles. The summed E-state index contributed by atoms with van der Waals surface area (Å²) in [4.78, 5) is 11.9. The highest BCUT2D eigenvalue weighted by Crippen LogP contribution is 2.19. The highest BCUT2D eigenvalue weighted by molar-refractivity contribution is 9.10. The molecule has 0 aromatic heterocycles. The lowest BCUT2D eigenvalue weighted by atomic mass is 10.1. The lowest BCUT2D eigenvalue weighted by molar-refractivity contribution is 0.0945. The molecule has 0 bridgehead atoms. The molecule has 6 heteroatoms. The van der Waals surface area contributed by atoms with E-state index in [1.54, 1.807) is 0 Å². The summed E-state index contributed by atoms with van der Waals surface area (Å²) in [6, 6.07) is 2.66. The predicted octanol–water partition coefficient (Wildman–Crippen LogP) is 3.77. The zero-order valence-electron chi connectivity index (χ0n) is 12.4. The number of benzene rings is 1. The number of nitrogens with one attached hydrogen (secondary N) is 2. The molecule has 1 aliphatic rings. The largest absolute Gasteiger partial charge is 0.351 e. The quantitative estimate of drug-likeness (QED) is 0.608. The van der Waals surface area contributed by atoms with Crippen LogP contribution < -0.4 is 10.6 Å². The van der Waals surface area contributed by atoms with Crippen molar-refractivity contribution in [2.24, 2.45) is 0 Å². The van der Waals surface area contributed by atoms with Crippen molar-refractivity contribution in [3.8, 4) is 0 Å². The summed E-state index contributed by atoms with van der Waals surface area (Å²) in [6.45, 7) is 0.959. The fourth-order valence-electron chi connectivity index (χ4n) is 2.78. The summed E-state index contributed by atoms with van der Waals surface area (Å²) in [5, 5.41) is 5.96. The van der Waals surface area contributed by atoms with Crippen LogP contribution in [-0.4, -0.2) is 25.0 Å². The minimum absolute atomic E-state index is 0.272. The van der Waals surface area contributed by atoms with Crippen LogP contribution in [0.1, 0.15) is 48.9 Å². The van der Waals surface area contributed by atoms with Crippen LogP contribution in [0.5, 0.6) is 0 Å². The number of carbonyl (C=O) groups excluding carboxylic acids is 1. The van der Waals surface area contributed by atoms with Crippen molar-refractivity contribution in [2.75, 3.05) is 13.1 Å². The van der Waals surface area contributed by atoms with E-state index in [4.69, 9.17) is 0 Å². The molecule has 1 aliphatic carbocycles. The lowest BCUT2D eigenvalue weighted by Crippen LogP contribution is -2.37. The Kier molecular flexibility index (Phi) is 6.76. The van der Waals surface area contributed by atoms with Crippen molar-refractivity contribution in [3.63, 3.8) is 0 Å². The molecule has 2 N–H and O–H groups in total. The zero-order valence-corrected chi connectivity index (χ0v) is 14.0. The van der Waals surface area contributed by atoms with Crippen LogP contribution in [0.15, 0.2) is 16.6 Å². The molecule has 0 atom stereocenters. The smallest absolute Gasteiger partial charge is 0.257 e. The summed E-state index contributed by atoms with van der Waals surface area (Å²) in [7, 11) is 0. The van der Waals surface area contributed by atoms with Crippen molar-refractivity contribution in [3.05, 3.63) is 33.8 Å². The first kappa shape index (κ1) is 17.3. The first-order valence-electron chi connectivity index (χ1n) is 7.74. The van der Waals surface area contributed by atoms with Gasteiger partial charge >= 0.3 is 0 Å². The molecule has 3 nitrogen and oxygen atoms in total. The highest BCUT2D eigenvalue weighted by Gasteiger charge is 2.18. The summed E-state index contributed by atoms with van der Waals surface area (Å²) in [5.41, 5.74) is -0.530. The molecule has 2 rings (SSSR count). The minimum atomic E-state index is -0.860. The van der Waals surface area contributed by atoms with Crippen LogP contribution in [0, 0.1) is 11.6 Å². The summed E-state index contributed by atoms with van der Waals surface area (Å²) >= 11 is 2.99. The number of hydrogen-bond acceptors (Lipinski definition) is 2. The van der Waals surface area contributed by atoms with Gasteiger partial charge in [0.25, 0.3) is 5.91 Å². The normalized spacial score (nSPS) is 16.3. The predicted molar refractivity (Wildman–Crippen MR) is 85.9 cm³/mol.